The SMILES string of the molecule is CCNCc1n[nH]c(C)c1S(=O)(=O)NCC1CCSC1. The van der Waals surface area contributed by atoms with Gasteiger partial charge in [-0.1, -0.05) is 6.92 Å². The number of aromatic amines is 1. The quantitative estimate of drug-likeness (QED) is 0.694. The molecule has 1 aliphatic heterocycles. The molecule has 0 spiro atoms. The van der Waals surface area contributed by atoms with Gasteiger partial charge in [-0.15, -0.1) is 0 Å². The number of nitrogens with zero attached hydrogens (tertiary/aromatic N) is 1. The molecule has 0 amide bonds. The fourth-order valence-electron chi connectivity index (χ4n) is 2.23. The lowest BCUT2D eigenvalue weighted by atomic mass is 10.1. The van der Waals surface area contributed by atoms with Crippen LogP contribution in [-0.2, 0) is 16.6 Å². The van der Waals surface area contributed by atoms with Gasteiger partial charge >= 0.3 is 0 Å². The van der Waals surface area contributed by atoms with Crippen molar-refractivity contribution >= 4 is 21.8 Å². The summed E-state index contributed by atoms with van der Waals surface area (Å²) in [6.07, 6.45) is 1.09. The maximum atomic E-state index is 12.4. The van der Waals surface area contributed by atoms with E-state index in [9.17, 15) is 8.42 Å². The number of hydrogen-bond donors (Lipinski definition) is 3. The zero-order chi connectivity index (χ0) is 14.6. The first kappa shape index (κ1) is 15.8. The molecule has 2 heterocycles. The fourth-order valence-corrected chi connectivity index (χ4v) is 4.99. The lowest BCUT2D eigenvalue weighted by molar-refractivity contribution is 0.544. The Morgan fingerprint density at radius 2 is 2.30 bits per heavy atom. The van der Waals surface area contributed by atoms with Crippen LogP contribution in [0.2, 0.25) is 0 Å². The monoisotopic (exact) mass is 318 g/mol. The summed E-state index contributed by atoms with van der Waals surface area (Å²) in [6, 6.07) is 0. The summed E-state index contributed by atoms with van der Waals surface area (Å²) < 4.78 is 27.6. The van der Waals surface area contributed by atoms with Crippen molar-refractivity contribution in [3.8, 4) is 0 Å². The highest BCUT2D eigenvalue weighted by Gasteiger charge is 2.25. The van der Waals surface area contributed by atoms with E-state index in [2.05, 4.69) is 20.2 Å². The smallest absolute Gasteiger partial charge is 0.244 e. The molecule has 0 saturated carbocycles. The molecule has 20 heavy (non-hydrogen) atoms. The van der Waals surface area contributed by atoms with Crippen LogP contribution in [-0.4, -0.2) is 43.2 Å². The van der Waals surface area contributed by atoms with Crippen LogP contribution in [0.1, 0.15) is 24.7 Å². The molecule has 0 aliphatic carbocycles. The molecule has 1 fully saturated rings. The number of thioether (sulfide) groups is 1. The number of sulfonamides is 1. The van der Waals surface area contributed by atoms with Crippen molar-refractivity contribution in [2.45, 2.75) is 31.7 Å². The maximum absolute atomic E-state index is 12.4. The molecule has 0 aromatic carbocycles. The highest BCUT2D eigenvalue weighted by atomic mass is 32.2. The van der Waals surface area contributed by atoms with Gasteiger partial charge < -0.3 is 5.32 Å². The molecule has 114 valence electrons. The van der Waals surface area contributed by atoms with Crippen molar-refractivity contribution in [3.05, 3.63) is 11.4 Å². The first-order chi connectivity index (χ1) is 9.54. The van der Waals surface area contributed by atoms with Gasteiger partial charge in [0.05, 0.1) is 11.4 Å². The van der Waals surface area contributed by atoms with Gasteiger partial charge in [0.15, 0.2) is 0 Å². The predicted octanol–water partition coefficient (Wildman–Crippen LogP) is 0.859. The van der Waals surface area contributed by atoms with E-state index in [1.54, 1.807) is 6.92 Å². The Kier molecular flexibility index (Phi) is 5.48. The molecule has 0 radical (unpaired) electrons. The maximum Gasteiger partial charge on any atom is 0.244 e. The average Bonchev–Trinajstić information content (AvgIpc) is 3.03. The first-order valence-corrected chi connectivity index (χ1v) is 9.50. The molecule has 1 aromatic rings. The summed E-state index contributed by atoms with van der Waals surface area (Å²) in [5.41, 5.74) is 1.14. The standard InChI is InChI=1S/C12H22N4O2S2/c1-3-13-7-11-12(9(2)15-16-11)20(17,18)14-6-10-4-5-19-8-10/h10,13-14H,3-8H2,1-2H3,(H,15,16). The summed E-state index contributed by atoms with van der Waals surface area (Å²) >= 11 is 1.88. The Hall–Kier alpha value is -0.570. The van der Waals surface area contributed by atoms with Crippen molar-refractivity contribution < 1.29 is 8.42 Å². The normalized spacial score (nSPS) is 19.6. The summed E-state index contributed by atoms with van der Waals surface area (Å²) in [4.78, 5) is 0.295. The van der Waals surface area contributed by atoms with Crippen molar-refractivity contribution in [3.63, 3.8) is 0 Å². The van der Waals surface area contributed by atoms with Crippen LogP contribution in [0.15, 0.2) is 4.90 Å². The zero-order valence-electron chi connectivity index (χ0n) is 11.9. The molecule has 1 atom stereocenters. The topological polar surface area (TPSA) is 86.9 Å². The van der Waals surface area contributed by atoms with Crippen LogP contribution in [0.4, 0.5) is 0 Å². The Balaban J connectivity index is 2.09. The Labute approximate surface area is 124 Å². The van der Waals surface area contributed by atoms with E-state index in [4.69, 9.17) is 0 Å². The lowest BCUT2D eigenvalue weighted by Crippen LogP contribution is -2.30. The highest BCUT2D eigenvalue weighted by Crippen LogP contribution is 2.24. The van der Waals surface area contributed by atoms with Crippen molar-refractivity contribution in [2.75, 3.05) is 24.6 Å². The molecule has 6 nitrogen and oxygen atoms in total. The summed E-state index contributed by atoms with van der Waals surface area (Å²) in [7, 11) is -3.49. The number of nitrogens with one attached hydrogen (secondary N) is 3. The molecule has 1 unspecified atom stereocenters. The van der Waals surface area contributed by atoms with Crippen molar-refractivity contribution in [2.24, 2.45) is 5.92 Å². The third-order valence-electron chi connectivity index (χ3n) is 3.36. The van der Waals surface area contributed by atoms with Gasteiger partial charge in [-0.05, 0) is 37.3 Å². The van der Waals surface area contributed by atoms with Gasteiger partial charge in [-0.2, -0.15) is 16.9 Å². The lowest BCUT2D eigenvalue weighted by Gasteiger charge is -2.11. The Morgan fingerprint density at radius 1 is 1.50 bits per heavy atom. The van der Waals surface area contributed by atoms with Crippen molar-refractivity contribution in [1.82, 2.24) is 20.2 Å². The van der Waals surface area contributed by atoms with E-state index in [1.165, 1.54) is 0 Å². The van der Waals surface area contributed by atoms with Gasteiger partial charge in [-0.25, -0.2) is 13.1 Å². The molecular formula is C12H22N4O2S2. The van der Waals surface area contributed by atoms with E-state index in [1.807, 2.05) is 18.7 Å². The molecule has 0 bridgehead atoms. The molecule has 1 saturated heterocycles. The van der Waals surface area contributed by atoms with Crippen LogP contribution in [0.3, 0.4) is 0 Å². The van der Waals surface area contributed by atoms with E-state index in [0.717, 1.165) is 24.5 Å². The van der Waals surface area contributed by atoms with E-state index in [-0.39, 0.29) is 0 Å². The zero-order valence-corrected chi connectivity index (χ0v) is 13.5. The highest BCUT2D eigenvalue weighted by molar-refractivity contribution is 7.99. The Morgan fingerprint density at radius 3 is 2.95 bits per heavy atom. The number of rotatable bonds is 7. The fraction of sp³-hybridized carbons (Fsp3) is 0.750. The van der Waals surface area contributed by atoms with Crippen LogP contribution in [0.5, 0.6) is 0 Å². The molecule has 2 rings (SSSR count). The van der Waals surface area contributed by atoms with Crippen LogP contribution in [0.25, 0.3) is 0 Å². The van der Waals surface area contributed by atoms with E-state index in [0.29, 0.717) is 35.3 Å². The number of H-pyrrole nitrogens is 1. The summed E-state index contributed by atoms with van der Waals surface area (Å²) in [5, 5.41) is 9.96. The first-order valence-electron chi connectivity index (χ1n) is 6.86. The van der Waals surface area contributed by atoms with Crippen LogP contribution < -0.4 is 10.0 Å². The second-order valence-corrected chi connectivity index (χ2v) is 7.84. The molecule has 1 aliphatic rings. The van der Waals surface area contributed by atoms with Crippen LogP contribution in [0, 0.1) is 12.8 Å². The molecular weight excluding hydrogens is 296 g/mol. The van der Waals surface area contributed by atoms with Crippen molar-refractivity contribution in [1.29, 1.82) is 0 Å². The number of hydrogen-bond acceptors (Lipinski definition) is 5. The number of aryl methyl sites for hydroxylation is 1. The predicted molar refractivity (Wildman–Crippen MR) is 81.3 cm³/mol. The van der Waals surface area contributed by atoms with Gasteiger partial charge in [0.2, 0.25) is 10.0 Å². The largest absolute Gasteiger partial charge is 0.311 e. The summed E-state index contributed by atoms with van der Waals surface area (Å²) in [6.45, 7) is 5.46. The average molecular weight is 318 g/mol. The van der Waals surface area contributed by atoms with E-state index >= 15 is 0 Å². The van der Waals surface area contributed by atoms with Gasteiger partial charge in [0.1, 0.15) is 4.90 Å². The van der Waals surface area contributed by atoms with Gasteiger partial charge in [0, 0.05) is 13.1 Å². The van der Waals surface area contributed by atoms with Crippen LogP contribution >= 0.6 is 11.8 Å². The second-order valence-electron chi connectivity index (χ2n) is 4.99. The minimum atomic E-state index is -3.49. The Bertz CT molecular complexity index is 536. The minimum absolute atomic E-state index is 0.295. The number of aromatic nitrogens is 2. The third kappa shape index (κ3) is 3.75. The minimum Gasteiger partial charge on any atom is -0.311 e. The van der Waals surface area contributed by atoms with Gasteiger partial charge in [-0.3, -0.25) is 5.10 Å². The molecule has 3 N–H and O–H groups in total. The third-order valence-corrected chi connectivity index (χ3v) is 6.22. The summed E-state index contributed by atoms with van der Waals surface area (Å²) in [5.74, 6) is 2.61. The molecule has 1 aromatic heterocycles. The van der Waals surface area contributed by atoms with E-state index < -0.39 is 10.0 Å². The van der Waals surface area contributed by atoms with Gasteiger partial charge in [0.25, 0.3) is 0 Å². The second kappa shape index (κ2) is 6.93. The molecule has 8 heteroatoms.